The van der Waals surface area contributed by atoms with Crippen LogP contribution in [-0.4, -0.2) is 21.9 Å². The number of H-pyrrole nitrogens is 1. The van der Waals surface area contributed by atoms with Crippen LogP contribution in [0.1, 0.15) is 16.8 Å². The van der Waals surface area contributed by atoms with Crippen LogP contribution in [0.25, 0.3) is 12.2 Å². The minimum atomic E-state index is 0.171. The fourth-order valence-electron chi connectivity index (χ4n) is 2.00. The number of aromatic nitrogens is 2. The molecule has 0 aliphatic rings. The molecule has 6 N–H and O–H groups in total. The summed E-state index contributed by atoms with van der Waals surface area (Å²) in [6.45, 7) is 0.171. The maximum atomic E-state index is 8.38. The molecule has 124 valence electrons. The molecule has 24 heavy (non-hydrogen) atoms. The zero-order chi connectivity index (χ0) is 17.2. The maximum absolute atomic E-state index is 8.38. The van der Waals surface area contributed by atoms with Crippen molar-refractivity contribution in [1.82, 2.24) is 10.2 Å². The van der Waals surface area contributed by atoms with Gasteiger partial charge in [-0.1, -0.05) is 48.6 Å². The van der Waals surface area contributed by atoms with E-state index in [2.05, 4.69) is 22.3 Å². The van der Waals surface area contributed by atoms with Gasteiger partial charge < -0.3 is 16.6 Å². The summed E-state index contributed by atoms with van der Waals surface area (Å²) in [4.78, 5) is 0. The number of aliphatic hydroxyl groups is 1. The van der Waals surface area contributed by atoms with E-state index in [-0.39, 0.29) is 6.61 Å². The molecular formula is C19H22N4O. The van der Waals surface area contributed by atoms with Crippen LogP contribution < -0.4 is 11.5 Å². The van der Waals surface area contributed by atoms with E-state index in [1.807, 2.05) is 54.6 Å². The highest BCUT2D eigenvalue weighted by Crippen LogP contribution is 2.17. The summed E-state index contributed by atoms with van der Waals surface area (Å²) >= 11 is 0. The summed E-state index contributed by atoms with van der Waals surface area (Å²) in [5.74, 6) is 0. The van der Waals surface area contributed by atoms with E-state index in [1.165, 1.54) is 0 Å². The molecule has 1 aromatic heterocycles. The average Bonchev–Trinajstić information content (AvgIpc) is 3.11. The highest BCUT2D eigenvalue weighted by molar-refractivity contribution is 5.74. The number of hydrogen-bond donors (Lipinski definition) is 4. The summed E-state index contributed by atoms with van der Waals surface area (Å²) in [5.41, 5.74) is 15.7. The Morgan fingerprint density at radius 1 is 0.917 bits per heavy atom. The predicted octanol–water partition coefficient (Wildman–Crippen LogP) is 2.97. The molecule has 0 amide bonds. The quantitative estimate of drug-likeness (QED) is 0.438. The van der Waals surface area contributed by atoms with Crippen molar-refractivity contribution in [2.75, 3.05) is 18.1 Å². The van der Waals surface area contributed by atoms with Crippen molar-refractivity contribution in [3.05, 3.63) is 77.6 Å². The van der Waals surface area contributed by atoms with Gasteiger partial charge in [-0.15, -0.1) is 0 Å². The Balaban J connectivity index is 0.000000219. The van der Waals surface area contributed by atoms with Crippen LogP contribution in [-0.2, 0) is 6.42 Å². The maximum Gasteiger partial charge on any atom is 0.0644 e. The van der Waals surface area contributed by atoms with E-state index < -0.39 is 0 Å². The van der Waals surface area contributed by atoms with Crippen molar-refractivity contribution < 1.29 is 5.11 Å². The van der Waals surface area contributed by atoms with Crippen molar-refractivity contribution in [3.8, 4) is 0 Å². The number of nitrogens with one attached hydrogen (secondary N) is 1. The van der Waals surface area contributed by atoms with E-state index in [1.54, 1.807) is 6.20 Å². The molecular weight excluding hydrogens is 300 g/mol. The Morgan fingerprint density at radius 3 is 2.29 bits per heavy atom. The summed E-state index contributed by atoms with van der Waals surface area (Å²) in [6, 6.07) is 17.6. The second-order valence-electron chi connectivity index (χ2n) is 5.17. The Bertz CT molecular complexity index is 752. The Kier molecular flexibility index (Phi) is 6.61. The lowest BCUT2D eigenvalue weighted by atomic mass is 10.1. The smallest absolute Gasteiger partial charge is 0.0644 e. The third kappa shape index (κ3) is 5.62. The Morgan fingerprint density at radius 2 is 1.67 bits per heavy atom. The van der Waals surface area contributed by atoms with Crippen LogP contribution in [0.2, 0.25) is 0 Å². The largest absolute Gasteiger partial charge is 0.397 e. The van der Waals surface area contributed by atoms with Crippen molar-refractivity contribution in [1.29, 1.82) is 0 Å². The molecule has 2 aromatic carbocycles. The van der Waals surface area contributed by atoms with Gasteiger partial charge in [0.15, 0.2) is 0 Å². The summed E-state index contributed by atoms with van der Waals surface area (Å²) in [6.07, 6.45) is 6.45. The fourth-order valence-corrected chi connectivity index (χ4v) is 2.00. The van der Waals surface area contributed by atoms with Crippen molar-refractivity contribution in [2.45, 2.75) is 6.42 Å². The molecule has 0 saturated heterocycles. The average molecular weight is 322 g/mol. The normalized spacial score (nSPS) is 10.4. The number of rotatable bonds is 4. The second kappa shape index (κ2) is 9.17. The van der Waals surface area contributed by atoms with Gasteiger partial charge in [0.1, 0.15) is 0 Å². The second-order valence-corrected chi connectivity index (χ2v) is 5.17. The first kappa shape index (κ1) is 17.3. The Hall–Kier alpha value is -3.05. The van der Waals surface area contributed by atoms with Gasteiger partial charge in [0.05, 0.1) is 17.1 Å². The van der Waals surface area contributed by atoms with Gasteiger partial charge in [0, 0.05) is 19.2 Å². The summed E-state index contributed by atoms with van der Waals surface area (Å²) in [5, 5.41) is 14.9. The molecule has 0 atom stereocenters. The molecule has 0 bridgehead atoms. The molecule has 0 saturated carbocycles. The lowest BCUT2D eigenvalue weighted by Crippen LogP contribution is -1.93. The van der Waals surface area contributed by atoms with Gasteiger partial charge in [-0.25, -0.2) is 0 Å². The first-order chi connectivity index (χ1) is 11.7. The summed E-state index contributed by atoms with van der Waals surface area (Å²) in [7, 11) is 0. The highest BCUT2D eigenvalue weighted by atomic mass is 16.3. The van der Waals surface area contributed by atoms with Crippen LogP contribution >= 0.6 is 0 Å². The first-order valence-corrected chi connectivity index (χ1v) is 7.66. The van der Waals surface area contributed by atoms with Crippen LogP contribution in [0, 0.1) is 0 Å². The standard InChI is InChI=1S/C14H14N2.C5H8N2O/c15-13-9-8-12(10-14(13)16)7-6-11-4-2-1-3-5-11;8-4-2-5-1-3-6-7-5/h1-10H,15-16H2;1,3,8H,2,4H2,(H,6,7). The molecule has 0 fully saturated rings. The van der Waals surface area contributed by atoms with Crippen LogP contribution in [0.3, 0.4) is 0 Å². The monoisotopic (exact) mass is 322 g/mol. The molecule has 5 nitrogen and oxygen atoms in total. The minimum absolute atomic E-state index is 0.171. The molecule has 3 aromatic rings. The van der Waals surface area contributed by atoms with Gasteiger partial charge in [0.2, 0.25) is 0 Å². The summed E-state index contributed by atoms with van der Waals surface area (Å²) < 4.78 is 0. The van der Waals surface area contributed by atoms with E-state index in [4.69, 9.17) is 16.6 Å². The molecule has 0 spiro atoms. The number of aromatic amines is 1. The lowest BCUT2D eigenvalue weighted by Gasteiger charge is -2.00. The minimum Gasteiger partial charge on any atom is -0.397 e. The molecule has 0 aliphatic heterocycles. The van der Waals surface area contributed by atoms with Crippen LogP contribution in [0.4, 0.5) is 11.4 Å². The van der Waals surface area contributed by atoms with Crippen molar-refractivity contribution >= 4 is 23.5 Å². The zero-order valence-corrected chi connectivity index (χ0v) is 13.4. The van der Waals surface area contributed by atoms with E-state index in [0.717, 1.165) is 16.8 Å². The number of nitrogens with two attached hydrogens (primary N) is 2. The number of nitrogens with zero attached hydrogens (tertiary/aromatic N) is 1. The molecule has 0 radical (unpaired) electrons. The van der Waals surface area contributed by atoms with Gasteiger partial charge in [0.25, 0.3) is 0 Å². The van der Waals surface area contributed by atoms with Gasteiger partial charge in [-0.3, -0.25) is 5.10 Å². The highest BCUT2D eigenvalue weighted by Gasteiger charge is 1.94. The fraction of sp³-hybridized carbons (Fsp3) is 0.105. The van der Waals surface area contributed by atoms with Crippen LogP contribution in [0.15, 0.2) is 60.8 Å². The van der Waals surface area contributed by atoms with Crippen LogP contribution in [0.5, 0.6) is 0 Å². The van der Waals surface area contributed by atoms with Gasteiger partial charge >= 0.3 is 0 Å². The van der Waals surface area contributed by atoms with E-state index in [0.29, 0.717) is 17.8 Å². The third-order valence-corrected chi connectivity index (χ3v) is 3.31. The molecule has 0 aliphatic carbocycles. The lowest BCUT2D eigenvalue weighted by molar-refractivity contribution is 0.298. The SMILES string of the molecule is Nc1ccc(C=Cc2ccccc2)cc1N.OCCc1cc[nH]n1. The zero-order valence-electron chi connectivity index (χ0n) is 13.4. The molecule has 5 heteroatoms. The van der Waals surface area contributed by atoms with E-state index in [9.17, 15) is 0 Å². The number of anilines is 2. The number of nitrogen functional groups attached to an aromatic ring is 2. The van der Waals surface area contributed by atoms with Gasteiger partial charge in [-0.05, 0) is 29.3 Å². The first-order valence-electron chi connectivity index (χ1n) is 7.66. The van der Waals surface area contributed by atoms with Crippen molar-refractivity contribution in [2.24, 2.45) is 0 Å². The van der Waals surface area contributed by atoms with Gasteiger partial charge in [-0.2, -0.15) is 5.10 Å². The topological polar surface area (TPSA) is 101 Å². The number of aliphatic hydroxyl groups excluding tert-OH is 1. The number of hydrogen-bond acceptors (Lipinski definition) is 4. The third-order valence-electron chi connectivity index (χ3n) is 3.31. The Labute approximate surface area is 141 Å². The van der Waals surface area contributed by atoms with E-state index >= 15 is 0 Å². The number of benzene rings is 2. The predicted molar refractivity (Wildman–Crippen MR) is 100 cm³/mol. The molecule has 0 unspecified atom stereocenters. The molecule has 3 rings (SSSR count). The van der Waals surface area contributed by atoms with Crippen molar-refractivity contribution in [3.63, 3.8) is 0 Å². The molecule has 1 heterocycles.